The van der Waals surface area contributed by atoms with E-state index in [9.17, 15) is 19.5 Å². The molecule has 11 heteroatoms. The molecule has 3 heterocycles. The molecule has 2 fully saturated rings. The lowest BCUT2D eigenvalue weighted by Gasteiger charge is -2.56. The molecular weight excluding hydrogens is 456 g/mol. The minimum atomic E-state index is -1.47. The van der Waals surface area contributed by atoms with E-state index in [0.717, 1.165) is 0 Å². The second kappa shape index (κ2) is 9.09. The Labute approximate surface area is 193 Å². The summed E-state index contributed by atoms with van der Waals surface area (Å²) in [6.07, 6.45) is 0. The highest BCUT2D eigenvalue weighted by Crippen LogP contribution is 2.58. The second-order valence-corrected chi connectivity index (χ2v) is 14.1. The first kappa shape index (κ1) is 24.6. The zero-order valence-electron chi connectivity index (χ0n) is 19.0. The third-order valence-corrected chi connectivity index (χ3v) is 9.74. The van der Waals surface area contributed by atoms with Gasteiger partial charge in [0.25, 0.3) is 0 Å². The van der Waals surface area contributed by atoms with Crippen LogP contribution in [0.5, 0.6) is 0 Å². The maximum atomic E-state index is 13.2. The van der Waals surface area contributed by atoms with Crippen LogP contribution in [0.3, 0.4) is 0 Å². The van der Waals surface area contributed by atoms with E-state index >= 15 is 0 Å². The largest absolute Gasteiger partial charge is 0.477 e. The number of carbonyl (C=O) groups is 3. The monoisotopic (exact) mass is 488 g/mol. The van der Waals surface area contributed by atoms with E-state index in [2.05, 4.69) is 33.9 Å². The Bertz CT molecular complexity index is 793. The van der Waals surface area contributed by atoms with Crippen LogP contribution in [0.4, 0.5) is 0 Å². The van der Waals surface area contributed by atoms with Crippen LogP contribution in [0.25, 0.3) is 0 Å². The Kier molecular flexibility index (Phi) is 7.22. The van der Waals surface area contributed by atoms with Crippen molar-refractivity contribution in [1.82, 2.24) is 9.80 Å². The van der Waals surface area contributed by atoms with E-state index in [1.54, 1.807) is 4.90 Å². The van der Waals surface area contributed by atoms with E-state index in [-0.39, 0.29) is 34.1 Å². The fraction of sp³-hybridized carbons (Fsp3) is 0.750. The van der Waals surface area contributed by atoms with Crippen LogP contribution >= 0.6 is 23.5 Å². The lowest BCUT2D eigenvalue weighted by Crippen LogP contribution is -2.69. The minimum absolute atomic E-state index is 0.00548. The fourth-order valence-electron chi connectivity index (χ4n) is 4.12. The van der Waals surface area contributed by atoms with Crippen molar-refractivity contribution in [2.75, 3.05) is 32.1 Å². The molecule has 8 nitrogen and oxygen atoms in total. The Morgan fingerprint density at radius 3 is 2.39 bits per heavy atom. The molecule has 0 unspecified atom stereocenters. The maximum absolute atomic E-state index is 13.2. The zero-order valence-corrected chi connectivity index (χ0v) is 21.8. The molecule has 0 bridgehead atoms. The van der Waals surface area contributed by atoms with Crippen molar-refractivity contribution < 1.29 is 28.7 Å². The van der Waals surface area contributed by atoms with Crippen molar-refractivity contribution in [2.45, 2.75) is 51.8 Å². The van der Waals surface area contributed by atoms with Gasteiger partial charge in [-0.2, -0.15) is 0 Å². The molecule has 3 aliphatic rings. The number of nitrogens with zero attached hydrogens (tertiary/aromatic N) is 2. The highest BCUT2D eigenvalue weighted by molar-refractivity contribution is 8.23. The Morgan fingerprint density at radius 1 is 1.26 bits per heavy atom. The first-order chi connectivity index (χ1) is 14.4. The third kappa shape index (κ3) is 4.57. The number of β-lactam (4-membered cyclic amide) rings is 1. The number of morpholine rings is 1. The third-order valence-electron chi connectivity index (χ3n) is 6.16. The van der Waals surface area contributed by atoms with Gasteiger partial charge in [0.2, 0.25) is 11.8 Å². The Hall–Kier alpha value is -1.01. The molecule has 0 aromatic heterocycles. The number of hydrogen-bond acceptors (Lipinski definition) is 7. The van der Waals surface area contributed by atoms with Crippen molar-refractivity contribution >= 4 is 50.3 Å². The number of fused-ring (bicyclic) bond motifs is 1. The summed E-state index contributed by atoms with van der Waals surface area (Å²) in [5.74, 6) is -1.69. The quantitative estimate of drug-likeness (QED) is 0.430. The topological polar surface area (TPSA) is 96.4 Å². The number of carbonyl (C=O) groups excluding carboxylic acids is 2. The van der Waals surface area contributed by atoms with Crippen molar-refractivity contribution in [1.29, 1.82) is 0 Å². The normalized spacial score (nSPS) is 26.1. The molecule has 31 heavy (non-hydrogen) atoms. The Morgan fingerprint density at radius 2 is 1.87 bits per heavy atom. The molecule has 174 valence electrons. The summed E-state index contributed by atoms with van der Waals surface area (Å²) in [5, 5.41) is 9.49. The molecule has 0 aromatic rings. The molecule has 2 saturated heterocycles. The Balaban J connectivity index is 1.78. The fourth-order valence-corrected chi connectivity index (χ4v) is 8.45. The van der Waals surface area contributed by atoms with Crippen molar-refractivity contribution in [3.8, 4) is 0 Å². The summed E-state index contributed by atoms with van der Waals surface area (Å²) in [5.41, 5.74) is -1.01. The first-order valence-electron chi connectivity index (χ1n) is 10.5. The lowest BCUT2D eigenvalue weighted by molar-refractivity contribution is -0.173. The second-order valence-electron chi connectivity index (χ2n) is 9.44. The summed E-state index contributed by atoms with van der Waals surface area (Å²) in [4.78, 5) is 40.9. The van der Waals surface area contributed by atoms with Crippen LogP contribution in [0.1, 0.15) is 27.7 Å². The van der Waals surface area contributed by atoms with E-state index in [1.807, 2.05) is 6.92 Å². The number of rotatable bonds is 7. The molecule has 3 atom stereocenters. The van der Waals surface area contributed by atoms with Gasteiger partial charge in [-0.3, -0.25) is 14.5 Å². The molecule has 0 aliphatic carbocycles. The smallest absolute Gasteiger partial charge is 0.354 e. The van der Waals surface area contributed by atoms with Crippen molar-refractivity contribution in [2.24, 2.45) is 11.3 Å². The van der Waals surface area contributed by atoms with Crippen molar-refractivity contribution in [3.05, 3.63) is 9.93 Å². The predicted molar refractivity (Wildman–Crippen MR) is 124 cm³/mol. The average Bonchev–Trinajstić information content (AvgIpc) is 2.99. The number of aliphatic carboxylic acids is 1. The van der Waals surface area contributed by atoms with Gasteiger partial charge in [0.05, 0.1) is 34.7 Å². The molecule has 3 rings (SSSR count). The number of carboxylic acid groups (broad SMARTS) is 1. The van der Waals surface area contributed by atoms with Crippen LogP contribution in [0.15, 0.2) is 9.93 Å². The molecule has 3 aliphatic heterocycles. The summed E-state index contributed by atoms with van der Waals surface area (Å²) in [6, 6.07) is 0. The van der Waals surface area contributed by atoms with Gasteiger partial charge in [0.1, 0.15) is 5.37 Å². The standard InChI is InChI=1S/C20H32N2O6S2Si/c1-19(2,3)20(4,28-31(5)6)13-15(24)22-14(17(25)26)18(30-16(13)22)29-11-12(23)21-7-9-27-10-8-21/h13,16,31H,7-11H2,1-6H3,(H,25,26)/t13-,16-,20+/m1/s1. The first-order valence-corrected chi connectivity index (χ1v) is 15.2. The van der Waals surface area contributed by atoms with Gasteiger partial charge in [0.15, 0.2) is 14.7 Å². The van der Waals surface area contributed by atoms with Crippen molar-refractivity contribution in [3.63, 3.8) is 0 Å². The molecule has 1 N–H and O–H groups in total. The number of thioether (sulfide) groups is 2. The molecule has 0 spiro atoms. The summed E-state index contributed by atoms with van der Waals surface area (Å²) in [6.45, 7) is 14.4. The van der Waals surface area contributed by atoms with Crippen LogP contribution in [-0.2, 0) is 23.5 Å². The highest BCUT2D eigenvalue weighted by Gasteiger charge is 2.65. The molecule has 0 saturated carbocycles. The summed E-state index contributed by atoms with van der Waals surface area (Å²) >= 11 is 2.58. The van der Waals surface area contributed by atoms with Crippen LogP contribution < -0.4 is 0 Å². The van der Waals surface area contributed by atoms with Crippen LogP contribution in [0, 0.1) is 11.3 Å². The lowest BCUT2D eigenvalue weighted by atomic mass is 9.66. The van der Waals surface area contributed by atoms with E-state index < -0.39 is 26.5 Å². The van der Waals surface area contributed by atoms with Gasteiger partial charge in [-0.1, -0.05) is 32.5 Å². The zero-order chi connectivity index (χ0) is 23.1. The van der Waals surface area contributed by atoms with Gasteiger partial charge >= 0.3 is 5.97 Å². The number of hydrogen-bond donors (Lipinski definition) is 1. The van der Waals surface area contributed by atoms with E-state index in [4.69, 9.17) is 9.16 Å². The SMILES string of the molecule is C[SiH](C)O[C@@](C)([C@@H]1C(=O)N2C(C(=O)O)=C(SCC(=O)N3CCOCC3)S[C@H]12)C(C)(C)C. The average molecular weight is 489 g/mol. The molecular formula is C20H32N2O6S2Si. The molecule has 2 amide bonds. The number of carboxylic acids is 1. The van der Waals surface area contributed by atoms with Gasteiger partial charge < -0.3 is 19.2 Å². The van der Waals surface area contributed by atoms with Crippen LogP contribution in [0.2, 0.25) is 13.1 Å². The van der Waals surface area contributed by atoms with E-state index in [1.165, 1.54) is 28.4 Å². The highest BCUT2D eigenvalue weighted by atomic mass is 32.2. The van der Waals surface area contributed by atoms with E-state index in [0.29, 0.717) is 30.5 Å². The molecule has 0 radical (unpaired) electrons. The maximum Gasteiger partial charge on any atom is 0.354 e. The number of amides is 2. The van der Waals surface area contributed by atoms with Gasteiger partial charge in [-0.15, -0.1) is 11.8 Å². The predicted octanol–water partition coefficient (Wildman–Crippen LogP) is 2.17. The summed E-state index contributed by atoms with van der Waals surface area (Å²) < 4.78 is 12.2. The molecule has 0 aromatic carbocycles. The van der Waals surface area contributed by atoms with Crippen LogP contribution in [-0.4, -0.2) is 84.8 Å². The van der Waals surface area contributed by atoms with Gasteiger partial charge in [0, 0.05) is 13.1 Å². The van der Waals surface area contributed by atoms with Gasteiger partial charge in [-0.05, 0) is 25.4 Å². The minimum Gasteiger partial charge on any atom is -0.477 e. The van der Waals surface area contributed by atoms with Gasteiger partial charge in [-0.25, -0.2) is 4.79 Å². The summed E-state index contributed by atoms with van der Waals surface area (Å²) in [7, 11) is -1.47. The number of ether oxygens (including phenoxy) is 1.